The molecule has 1 N–H and O–H groups in total. The Morgan fingerprint density at radius 1 is 1.24 bits per heavy atom. The minimum absolute atomic E-state index is 0. The van der Waals surface area contributed by atoms with Crippen LogP contribution in [0, 0.1) is 5.92 Å². The molecule has 3 unspecified atom stereocenters. The summed E-state index contributed by atoms with van der Waals surface area (Å²) in [6, 6.07) is 11.8. The Bertz CT molecular complexity index is 718. The second-order valence-electron chi connectivity index (χ2n) is 6.92. The predicted molar refractivity (Wildman–Crippen MR) is 96.5 cm³/mol. The van der Waals surface area contributed by atoms with Crippen molar-refractivity contribution in [3.05, 3.63) is 42.2 Å². The van der Waals surface area contributed by atoms with Crippen LogP contribution in [-0.2, 0) is 11.3 Å². The van der Waals surface area contributed by atoms with Gasteiger partial charge in [0.05, 0.1) is 6.54 Å². The van der Waals surface area contributed by atoms with Gasteiger partial charge in [-0.1, -0.05) is 48.3 Å². The lowest BCUT2D eigenvalue weighted by atomic mass is 9.85. The third kappa shape index (κ3) is 3.58. The fourth-order valence-corrected chi connectivity index (χ4v) is 4.34. The van der Waals surface area contributed by atoms with Gasteiger partial charge in [0.25, 0.3) is 0 Å². The highest BCUT2D eigenvalue weighted by Gasteiger charge is 2.45. The average Bonchev–Trinajstić information content (AvgIpc) is 3.21. The topological polar surface area (TPSA) is 66.6 Å². The summed E-state index contributed by atoms with van der Waals surface area (Å²) < 4.78 is 5.50. The number of nitrogens with zero attached hydrogens (tertiary/aromatic N) is 2. The van der Waals surface area contributed by atoms with Gasteiger partial charge in [0.15, 0.2) is 5.76 Å². The molecule has 0 bridgehead atoms. The maximum atomic E-state index is 11.7. The SMILES string of the molecule is Cl.O=C(O)C1CC2CCCCC2N1Cc1cc(-c2ccccc2)no1. The van der Waals surface area contributed by atoms with E-state index < -0.39 is 12.0 Å². The van der Waals surface area contributed by atoms with Crippen LogP contribution in [0.5, 0.6) is 0 Å². The van der Waals surface area contributed by atoms with Crippen molar-refractivity contribution in [3.63, 3.8) is 0 Å². The smallest absolute Gasteiger partial charge is 0.320 e. The highest BCUT2D eigenvalue weighted by atomic mass is 35.5. The lowest BCUT2D eigenvalue weighted by Crippen LogP contribution is -2.41. The maximum absolute atomic E-state index is 11.7. The number of aliphatic carboxylic acids is 1. The fraction of sp³-hybridized carbons (Fsp3) is 0.474. The van der Waals surface area contributed by atoms with Crippen molar-refractivity contribution in [2.75, 3.05) is 0 Å². The molecule has 0 radical (unpaired) electrons. The Labute approximate surface area is 153 Å². The van der Waals surface area contributed by atoms with Gasteiger partial charge in [0, 0.05) is 17.7 Å². The minimum Gasteiger partial charge on any atom is -0.480 e. The van der Waals surface area contributed by atoms with E-state index in [0.29, 0.717) is 18.5 Å². The molecule has 0 amide bonds. The number of hydrogen-bond acceptors (Lipinski definition) is 4. The van der Waals surface area contributed by atoms with E-state index in [4.69, 9.17) is 4.52 Å². The number of carboxylic acid groups (broad SMARTS) is 1. The Kier molecular flexibility index (Phi) is 5.45. The van der Waals surface area contributed by atoms with E-state index in [1.807, 2.05) is 36.4 Å². The van der Waals surface area contributed by atoms with Crippen molar-refractivity contribution >= 4 is 18.4 Å². The molecule has 2 aliphatic rings. The number of carboxylic acids is 1. The second kappa shape index (κ2) is 7.58. The number of likely N-dealkylation sites (tertiary alicyclic amines) is 1. The first-order valence-electron chi connectivity index (χ1n) is 8.72. The van der Waals surface area contributed by atoms with Gasteiger partial charge in [0.2, 0.25) is 0 Å². The van der Waals surface area contributed by atoms with Crippen LogP contribution in [0.25, 0.3) is 11.3 Å². The Morgan fingerprint density at radius 2 is 2.00 bits per heavy atom. The summed E-state index contributed by atoms with van der Waals surface area (Å²) in [4.78, 5) is 13.8. The first kappa shape index (κ1) is 18.0. The summed E-state index contributed by atoms with van der Waals surface area (Å²) in [6.45, 7) is 0.526. The molecule has 5 nitrogen and oxygen atoms in total. The Hall–Kier alpha value is -1.85. The molecule has 134 valence electrons. The van der Waals surface area contributed by atoms with Gasteiger partial charge in [-0.05, 0) is 25.2 Å². The molecule has 1 saturated carbocycles. The third-order valence-corrected chi connectivity index (χ3v) is 5.47. The number of rotatable bonds is 4. The third-order valence-electron chi connectivity index (χ3n) is 5.47. The molecule has 25 heavy (non-hydrogen) atoms. The summed E-state index contributed by atoms with van der Waals surface area (Å²) in [5, 5.41) is 13.8. The van der Waals surface area contributed by atoms with E-state index in [1.165, 1.54) is 12.8 Å². The van der Waals surface area contributed by atoms with Gasteiger partial charge in [-0.25, -0.2) is 0 Å². The highest BCUT2D eigenvalue weighted by molar-refractivity contribution is 5.85. The van der Waals surface area contributed by atoms with Crippen molar-refractivity contribution in [2.24, 2.45) is 5.92 Å². The lowest BCUT2D eigenvalue weighted by molar-refractivity contribution is -0.143. The van der Waals surface area contributed by atoms with Gasteiger partial charge >= 0.3 is 5.97 Å². The maximum Gasteiger partial charge on any atom is 0.320 e. The van der Waals surface area contributed by atoms with Crippen LogP contribution in [0.4, 0.5) is 0 Å². The molecule has 2 heterocycles. The fourth-order valence-electron chi connectivity index (χ4n) is 4.34. The van der Waals surface area contributed by atoms with Crippen molar-refractivity contribution in [1.29, 1.82) is 0 Å². The van der Waals surface area contributed by atoms with Crippen molar-refractivity contribution in [2.45, 2.75) is 50.7 Å². The van der Waals surface area contributed by atoms with Crippen molar-refractivity contribution in [3.8, 4) is 11.3 Å². The van der Waals surface area contributed by atoms with Crippen LogP contribution in [0.2, 0.25) is 0 Å². The van der Waals surface area contributed by atoms with Gasteiger partial charge in [-0.3, -0.25) is 9.69 Å². The van der Waals surface area contributed by atoms with Gasteiger partial charge in [-0.2, -0.15) is 0 Å². The molecule has 4 rings (SSSR count). The minimum atomic E-state index is -0.716. The number of halogens is 1. The molecule has 0 spiro atoms. The summed E-state index contributed by atoms with van der Waals surface area (Å²) >= 11 is 0. The van der Waals surface area contributed by atoms with Gasteiger partial charge in [0.1, 0.15) is 11.7 Å². The zero-order valence-electron chi connectivity index (χ0n) is 14.0. The molecule has 3 atom stereocenters. The number of hydrogen-bond donors (Lipinski definition) is 1. The number of aromatic nitrogens is 1. The van der Waals surface area contributed by atoms with E-state index in [9.17, 15) is 9.90 Å². The molecule has 6 heteroatoms. The molecule has 1 aromatic carbocycles. The molecule has 1 saturated heterocycles. The van der Waals surface area contributed by atoms with E-state index in [1.54, 1.807) is 0 Å². The van der Waals surface area contributed by atoms with E-state index in [0.717, 1.165) is 36.3 Å². The molecule has 1 aromatic heterocycles. The standard InChI is InChI=1S/C19H22N2O3.ClH/c22-19(23)18-10-14-8-4-5-9-17(14)21(18)12-15-11-16(20-24-15)13-6-2-1-3-7-13;/h1-3,6-7,11,14,17-18H,4-5,8-10,12H2,(H,22,23);1H. The van der Waals surface area contributed by atoms with E-state index >= 15 is 0 Å². The number of benzene rings is 1. The molecular weight excluding hydrogens is 340 g/mol. The van der Waals surface area contributed by atoms with Crippen LogP contribution >= 0.6 is 12.4 Å². The number of fused-ring (bicyclic) bond motifs is 1. The normalized spacial score (nSPS) is 26.0. The van der Waals surface area contributed by atoms with Crippen LogP contribution in [0.1, 0.15) is 37.9 Å². The van der Waals surface area contributed by atoms with Gasteiger partial charge in [-0.15, -0.1) is 12.4 Å². The second-order valence-corrected chi connectivity index (χ2v) is 6.92. The zero-order valence-corrected chi connectivity index (χ0v) is 14.8. The Balaban J connectivity index is 0.00000182. The largest absolute Gasteiger partial charge is 0.480 e. The molecule has 2 aromatic rings. The monoisotopic (exact) mass is 362 g/mol. The van der Waals surface area contributed by atoms with Crippen molar-refractivity contribution < 1.29 is 14.4 Å². The van der Waals surface area contributed by atoms with Crippen LogP contribution < -0.4 is 0 Å². The summed E-state index contributed by atoms with van der Waals surface area (Å²) in [5.41, 5.74) is 1.82. The first-order chi connectivity index (χ1) is 11.7. The lowest BCUT2D eigenvalue weighted by Gasteiger charge is -2.32. The van der Waals surface area contributed by atoms with Crippen molar-refractivity contribution in [1.82, 2.24) is 10.1 Å². The molecule has 1 aliphatic heterocycles. The summed E-state index contributed by atoms with van der Waals surface area (Å²) in [5.74, 6) is 0.537. The van der Waals surface area contributed by atoms with Gasteiger partial charge < -0.3 is 9.63 Å². The highest BCUT2D eigenvalue weighted by Crippen LogP contribution is 2.40. The number of carbonyl (C=O) groups is 1. The molecular formula is C19H23ClN2O3. The van der Waals surface area contributed by atoms with E-state index in [2.05, 4.69) is 10.1 Å². The van der Waals surface area contributed by atoms with Crippen LogP contribution in [0.3, 0.4) is 0 Å². The predicted octanol–water partition coefficient (Wildman–Crippen LogP) is 3.98. The molecule has 2 fully saturated rings. The Morgan fingerprint density at radius 3 is 2.76 bits per heavy atom. The molecule has 1 aliphatic carbocycles. The summed E-state index contributed by atoms with van der Waals surface area (Å²) in [7, 11) is 0. The van der Waals surface area contributed by atoms with E-state index in [-0.39, 0.29) is 12.4 Å². The van der Waals surface area contributed by atoms with Crippen LogP contribution in [0.15, 0.2) is 40.9 Å². The summed E-state index contributed by atoms with van der Waals surface area (Å²) in [6.07, 6.45) is 5.42. The first-order valence-corrected chi connectivity index (χ1v) is 8.72. The zero-order chi connectivity index (χ0) is 16.5. The quantitative estimate of drug-likeness (QED) is 0.891. The van der Waals surface area contributed by atoms with Crippen LogP contribution in [-0.4, -0.2) is 33.2 Å². The average molecular weight is 363 g/mol.